The van der Waals surface area contributed by atoms with Crippen molar-refractivity contribution < 1.29 is 4.79 Å². The van der Waals surface area contributed by atoms with Crippen LogP contribution in [0.5, 0.6) is 0 Å². The Morgan fingerprint density at radius 2 is 1.79 bits per heavy atom. The number of aromatic nitrogens is 1. The molecule has 1 aromatic carbocycles. The Kier molecular flexibility index (Phi) is 5.47. The minimum atomic E-state index is 0.137. The molecular formula is C20H25N3O. The number of nitrogens with zero attached hydrogens (tertiary/aromatic N) is 3. The molecule has 1 amide bonds. The third-order valence-corrected chi connectivity index (χ3v) is 4.56. The van der Waals surface area contributed by atoms with Crippen molar-refractivity contribution in [2.45, 2.75) is 26.2 Å². The van der Waals surface area contributed by atoms with Crippen LogP contribution in [0, 0.1) is 0 Å². The number of anilines is 1. The third-order valence-electron chi connectivity index (χ3n) is 4.56. The van der Waals surface area contributed by atoms with Crippen LogP contribution in [0.3, 0.4) is 0 Å². The van der Waals surface area contributed by atoms with E-state index < -0.39 is 0 Å². The lowest BCUT2D eigenvalue weighted by molar-refractivity contribution is 0.0746. The summed E-state index contributed by atoms with van der Waals surface area (Å²) in [6.45, 7) is 5.34. The highest BCUT2D eigenvalue weighted by Gasteiger charge is 2.22. The number of hydrogen-bond donors (Lipinski definition) is 0. The first-order valence-corrected chi connectivity index (χ1v) is 8.82. The minimum Gasteiger partial charge on any atom is -0.353 e. The predicted molar refractivity (Wildman–Crippen MR) is 97.4 cm³/mol. The zero-order chi connectivity index (χ0) is 16.8. The molecular weight excluding hydrogens is 298 g/mol. The summed E-state index contributed by atoms with van der Waals surface area (Å²) >= 11 is 0. The number of rotatable bonds is 5. The van der Waals surface area contributed by atoms with Crippen LogP contribution in [0.4, 0.5) is 5.82 Å². The number of benzene rings is 1. The normalized spacial score (nSPS) is 14.7. The van der Waals surface area contributed by atoms with E-state index in [2.05, 4.69) is 28.9 Å². The quantitative estimate of drug-likeness (QED) is 0.846. The van der Waals surface area contributed by atoms with Crippen LogP contribution in [-0.4, -0.2) is 42.0 Å². The summed E-state index contributed by atoms with van der Waals surface area (Å²) in [5.41, 5.74) is 2.11. The number of amides is 1. The van der Waals surface area contributed by atoms with Crippen LogP contribution in [0.15, 0.2) is 48.7 Å². The van der Waals surface area contributed by atoms with Gasteiger partial charge in [0.15, 0.2) is 0 Å². The standard InChI is InChI=1S/C20H25N3O/c1-2-3-6-17-8-10-18(11-9-17)20(24)23-15-13-22(14-16-23)19-7-4-5-12-21-19/h4-5,7-12H,2-3,6,13-16H2,1H3. The second kappa shape index (κ2) is 7.95. The zero-order valence-electron chi connectivity index (χ0n) is 14.3. The van der Waals surface area contributed by atoms with Crippen molar-refractivity contribution in [2.24, 2.45) is 0 Å². The van der Waals surface area contributed by atoms with E-state index in [-0.39, 0.29) is 5.91 Å². The lowest BCUT2D eigenvalue weighted by Gasteiger charge is -2.35. The summed E-state index contributed by atoms with van der Waals surface area (Å²) in [5.74, 6) is 1.13. The second-order valence-electron chi connectivity index (χ2n) is 6.27. The number of aryl methyl sites for hydroxylation is 1. The Bertz CT molecular complexity index is 646. The average Bonchev–Trinajstić information content (AvgIpc) is 2.67. The lowest BCUT2D eigenvalue weighted by Crippen LogP contribution is -2.49. The Morgan fingerprint density at radius 1 is 1.04 bits per heavy atom. The lowest BCUT2D eigenvalue weighted by atomic mass is 10.1. The van der Waals surface area contributed by atoms with Gasteiger partial charge in [0.05, 0.1) is 0 Å². The van der Waals surface area contributed by atoms with E-state index in [9.17, 15) is 4.79 Å². The van der Waals surface area contributed by atoms with Crippen LogP contribution in [0.1, 0.15) is 35.7 Å². The molecule has 3 rings (SSSR count). The van der Waals surface area contributed by atoms with Gasteiger partial charge in [0, 0.05) is 37.9 Å². The van der Waals surface area contributed by atoms with E-state index in [0.29, 0.717) is 0 Å². The SMILES string of the molecule is CCCCc1ccc(C(=O)N2CCN(c3ccccn3)CC2)cc1. The van der Waals surface area contributed by atoms with Gasteiger partial charge in [0.1, 0.15) is 5.82 Å². The first-order chi connectivity index (χ1) is 11.8. The smallest absolute Gasteiger partial charge is 0.253 e. The summed E-state index contributed by atoms with van der Waals surface area (Å²) in [4.78, 5) is 21.2. The molecule has 0 spiro atoms. The molecule has 1 aliphatic heterocycles. The van der Waals surface area contributed by atoms with Crippen LogP contribution < -0.4 is 4.90 Å². The van der Waals surface area contributed by atoms with Gasteiger partial charge in [-0.25, -0.2) is 4.98 Å². The largest absolute Gasteiger partial charge is 0.353 e. The molecule has 126 valence electrons. The van der Waals surface area contributed by atoms with Crippen molar-refractivity contribution in [3.8, 4) is 0 Å². The van der Waals surface area contributed by atoms with Gasteiger partial charge >= 0.3 is 0 Å². The van der Waals surface area contributed by atoms with Crippen molar-refractivity contribution >= 4 is 11.7 Å². The Balaban J connectivity index is 1.57. The Morgan fingerprint density at radius 3 is 2.42 bits per heavy atom. The van der Waals surface area contributed by atoms with Gasteiger partial charge in [-0.1, -0.05) is 31.5 Å². The van der Waals surface area contributed by atoms with Crippen LogP contribution in [0.2, 0.25) is 0 Å². The number of carbonyl (C=O) groups excluding carboxylic acids is 1. The van der Waals surface area contributed by atoms with Gasteiger partial charge in [0.2, 0.25) is 0 Å². The fourth-order valence-electron chi connectivity index (χ4n) is 3.06. The molecule has 24 heavy (non-hydrogen) atoms. The predicted octanol–water partition coefficient (Wildman–Crippen LogP) is 3.39. The summed E-state index contributed by atoms with van der Waals surface area (Å²) in [7, 11) is 0. The molecule has 0 aliphatic carbocycles. The highest BCUT2D eigenvalue weighted by Crippen LogP contribution is 2.15. The molecule has 2 aromatic rings. The molecule has 2 heterocycles. The van der Waals surface area contributed by atoms with Gasteiger partial charge < -0.3 is 9.80 Å². The molecule has 1 saturated heterocycles. The molecule has 0 N–H and O–H groups in total. The van der Waals surface area contributed by atoms with E-state index in [4.69, 9.17) is 0 Å². The van der Waals surface area contributed by atoms with Crippen molar-refractivity contribution in [3.05, 3.63) is 59.8 Å². The van der Waals surface area contributed by atoms with Gasteiger partial charge in [-0.3, -0.25) is 4.79 Å². The summed E-state index contributed by atoms with van der Waals surface area (Å²) in [5, 5.41) is 0. The zero-order valence-corrected chi connectivity index (χ0v) is 14.3. The number of pyridine rings is 1. The minimum absolute atomic E-state index is 0.137. The van der Waals surface area contributed by atoms with Crippen LogP contribution in [-0.2, 0) is 6.42 Å². The number of piperazine rings is 1. The first-order valence-electron chi connectivity index (χ1n) is 8.82. The molecule has 4 heteroatoms. The highest BCUT2D eigenvalue weighted by molar-refractivity contribution is 5.94. The fraction of sp³-hybridized carbons (Fsp3) is 0.400. The topological polar surface area (TPSA) is 36.4 Å². The van der Waals surface area contributed by atoms with E-state index in [1.54, 1.807) is 0 Å². The van der Waals surface area contributed by atoms with Crippen LogP contribution in [0.25, 0.3) is 0 Å². The van der Waals surface area contributed by atoms with Gasteiger partial charge in [-0.05, 0) is 42.7 Å². The van der Waals surface area contributed by atoms with Crippen molar-refractivity contribution in [1.82, 2.24) is 9.88 Å². The molecule has 4 nitrogen and oxygen atoms in total. The van der Waals surface area contributed by atoms with Gasteiger partial charge in [0.25, 0.3) is 5.91 Å². The maximum atomic E-state index is 12.7. The van der Waals surface area contributed by atoms with E-state index in [1.165, 1.54) is 18.4 Å². The third kappa shape index (κ3) is 3.94. The fourth-order valence-corrected chi connectivity index (χ4v) is 3.06. The molecule has 0 radical (unpaired) electrons. The van der Waals surface area contributed by atoms with Gasteiger partial charge in [-0.15, -0.1) is 0 Å². The summed E-state index contributed by atoms with van der Waals surface area (Å²) < 4.78 is 0. The van der Waals surface area contributed by atoms with Crippen molar-refractivity contribution in [1.29, 1.82) is 0 Å². The molecule has 0 saturated carbocycles. The number of carbonyl (C=O) groups is 1. The molecule has 0 bridgehead atoms. The monoisotopic (exact) mass is 323 g/mol. The Labute approximate surface area is 144 Å². The average molecular weight is 323 g/mol. The van der Waals surface area contributed by atoms with Crippen molar-refractivity contribution in [3.63, 3.8) is 0 Å². The highest BCUT2D eigenvalue weighted by atomic mass is 16.2. The summed E-state index contributed by atoms with van der Waals surface area (Å²) in [6.07, 6.45) is 5.30. The molecule has 1 aliphatic rings. The maximum absolute atomic E-state index is 12.7. The second-order valence-corrected chi connectivity index (χ2v) is 6.27. The van der Waals surface area contributed by atoms with E-state index in [1.807, 2.05) is 41.4 Å². The maximum Gasteiger partial charge on any atom is 0.253 e. The first kappa shape index (κ1) is 16.5. The Hall–Kier alpha value is -2.36. The molecule has 0 unspecified atom stereocenters. The van der Waals surface area contributed by atoms with Crippen molar-refractivity contribution in [2.75, 3.05) is 31.1 Å². The van der Waals surface area contributed by atoms with E-state index >= 15 is 0 Å². The number of unbranched alkanes of at least 4 members (excludes halogenated alkanes) is 1. The summed E-state index contributed by atoms with van der Waals surface area (Å²) in [6, 6.07) is 14.1. The molecule has 1 fully saturated rings. The van der Waals surface area contributed by atoms with Gasteiger partial charge in [-0.2, -0.15) is 0 Å². The molecule has 1 aromatic heterocycles. The molecule has 0 atom stereocenters. The van der Waals surface area contributed by atoms with Crippen LogP contribution >= 0.6 is 0 Å². The van der Waals surface area contributed by atoms with E-state index in [0.717, 1.165) is 44.0 Å². The number of hydrogen-bond acceptors (Lipinski definition) is 3.